The molecule has 9 atom stereocenters. The largest absolute Gasteiger partial charge is 0.391 e. The van der Waals surface area contributed by atoms with E-state index in [2.05, 4.69) is 13.5 Å². The molecule has 5 aliphatic rings. The van der Waals surface area contributed by atoms with Crippen LogP contribution in [0.25, 0.3) is 0 Å². The van der Waals surface area contributed by atoms with Crippen molar-refractivity contribution in [1.82, 2.24) is 0 Å². The fourth-order valence-electron chi connectivity index (χ4n) is 6.41. The van der Waals surface area contributed by atoms with Gasteiger partial charge in [-0.05, 0) is 56.9 Å². The Bertz CT molecular complexity index is 757. The number of fused-ring (bicyclic) bond motifs is 1. The molecule has 5 aliphatic heterocycles. The zero-order valence-corrected chi connectivity index (χ0v) is 21.0. The van der Waals surface area contributed by atoms with Crippen LogP contribution in [-0.4, -0.2) is 85.8 Å². The molecule has 0 radical (unpaired) electrons. The summed E-state index contributed by atoms with van der Waals surface area (Å²) in [5, 5.41) is 10.3. The van der Waals surface area contributed by atoms with E-state index in [4.69, 9.17) is 28.4 Å². The summed E-state index contributed by atoms with van der Waals surface area (Å²) in [7, 11) is 0. The minimum absolute atomic E-state index is 0.0341. The Morgan fingerprint density at radius 2 is 1.97 bits per heavy atom. The summed E-state index contributed by atoms with van der Waals surface area (Å²) in [6, 6.07) is 0. The predicted molar refractivity (Wildman–Crippen MR) is 127 cm³/mol. The molecule has 0 saturated carbocycles. The van der Waals surface area contributed by atoms with Crippen LogP contribution >= 0.6 is 0 Å². The highest BCUT2D eigenvalue weighted by Crippen LogP contribution is 2.40. The highest BCUT2D eigenvalue weighted by atomic mass is 16.7. The molecule has 0 amide bonds. The first-order chi connectivity index (χ1) is 16.9. The zero-order valence-electron chi connectivity index (χ0n) is 21.0. The van der Waals surface area contributed by atoms with E-state index < -0.39 is 11.9 Å². The van der Waals surface area contributed by atoms with Gasteiger partial charge in [-0.15, -0.1) is 0 Å². The van der Waals surface area contributed by atoms with Gasteiger partial charge in [0.1, 0.15) is 11.9 Å². The van der Waals surface area contributed by atoms with Crippen LogP contribution in [0.15, 0.2) is 12.2 Å². The van der Waals surface area contributed by atoms with Crippen molar-refractivity contribution in [3.8, 4) is 0 Å². The first-order valence-electron chi connectivity index (χ1n) is 13.6. The molecule has 5 saturated heterocycles. The van der Waals surface area contributed by atoms with Crippen molar-refractivity contribution < 1.29 is 38.3 Å². The molecule has 0 spiro atoms. The topological polar surface area (TPSA) is 92.7 Å². The molecule has 0 aromatic carbocycles. The summed E-state index contributed by atoms with van der Waals surface area (Å²) in [5.41, 5.74) is 1.12. The summed E-state index contributed by atoms with van der Waals surface area (Å²) in [6.45, 7) is 8.34. The number of carbonyl (C=O) groups is 1. The maximum atomic E-state index is 12.8. The van der Waals surface area contributed by atoms with Crippen molar-refractivity contribution in [2.24, 2.45) is 5.92 Å². The van der Waals surface area contributed by atoms with Crippen LogP contribution in [0.4, 0.5) is 0 Å². The summed E-state index contributed by atoms with van der Waals surface area (Å²) in [6.07, 6.45) is 6.27. The van der Waals surface area contributed by atoms with Crippen LogP contribution in [-0.2, 0) is 33.2 Å². The monoisotopic (exact) mass is 494 g/mol. The van der Waals surface area contributed by atoms with E-state index in [1.165, 1.54) is 0 Å². The van der Waals surface area contributed by atoms with E-state index in [0.29, 0.717) is 51.2 Å². The molecule has 1 N–H and O–H groups in total. The average molecular weight is 495 g/mol. The van der Waals surface area contributed by atoms with Gasteiger partial charge in [0, 0.05) is 38.9 Å². The van der Waals surface area contributed by atoms with Crippen molar-refractivity contribution in [1.29, 1.82) is 0 Å². The third-order valence-corrected chi connectivity index (χ3v) is 8.41. The van der Waals surface area contributed by atoms with Crippen LogP contribution in [0, 0.1) is 5.92 Å². The average Bonchev–Trinajstić information content (AvgIpc) is 3.54. The maximum Gasteiger partial charge on any atom is 0.171 e. The lowest BCUT2D eigenvalue weighted by atomic mass is 9.89. The number of hydrogen-bond acceptors (Lipinski definition) is 8. The van der Waals surface area contributed by atoms with Gasteiger partial charge < -0.3 is 33.5 Å². The highest BCUT2D eigenvalue weighted by molar-refractivity contribution is 5.79. The second-order valence-corrected chi connectivity index (χ2v) is 11.2. The van der Waals surface area contributed by atoms with Crippen LogP contribution in [0.2, 0.25) is 0 Å². The van der Waals surface area contributed by atoms with Gasteiger partial charge in [0.15, 0.2) is 5.79 Å². The Balaban J connectivity index is 1.19. The Morgan fingerprint density at radius 3 is 2.69 bits per heavy atom. The quantitative estimate of drug-likeness (QED) is 0.489. The Kier molecular flexibility index (Phi) is 8.28. The minimum Gasteiger partial charge on any atom is -0.391 e. The van der Waals surface area contributed by atoms with Gasteiger partial charge in [0.2, 0.25) is 0 Å². The first kappa shape index (κ1) is 25.8. The summed E-state index contributed by atoms with van der Waals surface area (Å²) >= 11 is 0. The first-order valence-corrected chi connectivity index (χ1v) is 13.6. The number of aliphatic hydroxyl groups is 1. The molecule has 0 aromatic rings. The highest BCUT2D eigenvalue weighted by Gasteiger charge is 2.48. The Morgan fingerprint density at radius 1 is 1.11 bits per heavy atom. The number of ketones is 1. The number of aliphatic hydroxyl groups excluding tert-OH is 1. The molecule has 6 unspecified atom stereocenters. The van der Waals surface area contributed by atoms with E-state index in [1.54, 1.807) is 0 Å². The van der Waals surface area contributed by atoms with Crippen molar-refractivity contribution in [3.05, 3.63) is 12.2 Å². The fourth-order valence-corrected chi connectivity index (χ4v) is 6.41. The fraction of sp³-hybridized carbons (Fsp3) is 0.889. The third kappa shape index (κ3) is 6.35. The van der Waals surface area contributed by atoms with Crippen LogP contribution in [0.1, 0.15) is 71.1 Å². The van der Waals surface area contributed by atoms with E-state index in [0.717, 1.165) is 44.3 Å². The summed E-state index contributed by atoms with van der Waals surface area (Å²) in [4.78, 5) is 12.8. The lowest BCUT2D eigenvalue weighted by molar-refractivity contribution is -0.295. The molecule has 5 heterocycles. The summed E-state index contributed by atoms with van der Waals surface area (Å²) < 4.78 is 36.7. The smallest absolute Gasteiger partial charge is 0.171 e. The molecular formula is C27H42O8. The van der Waals surface area contributed by atoms with Gasteiger partial charge in [0.25, 0.3) is 0 Å². The number of Topliss-reactive ketones (excluding diaryl/α,β-unsaturated/α-hetero) is 1. The standard InChI is InChI=1S/C27H42O8/c1-17-11-22(32-15-17)5-8-27(14-21(29)16-33-27)35-25-7-10-31-24-4-3-23(34-26(24)25)13-20(28)12-19-6-9-30-18(19)2/h18-19,21-26,29H,1,3-16H2,2H3/t18-,19?,21?,22?,23?,24?,25?,26-,27-/m0/s1. The number of ether oxygens (including phenoxy) is 6. The number of hydrogen-bond donors (Lipinski definition) is 1. The van der Waals surface area contributed by atoms with Crippen LogP contribution < -0.4 is 0 Å². The molecule has 5 fully saturated rings. The molecule has 0 aliphatic carbocycles. The number of carbonyl (C=O) groups excluding carboxylic acids is 1. The lowest BCUT2D eigenvalue weighted by Crippen LogP contribution is -2.55. The summed E-state index contributed by atoms with van der Waals surface area (Å²) in [5.74, 6) is -0.272. The normalized spacial score (nSPS) is 44.0. The van der Waals surface area contributed by atoms with Gasteiger partial charge in [-0.2, -0.15) is 0 Å². The number of rotatable bonds is 9. The maximum absolute atomic E-state index is 12.8. The second kappa shape index (κ2) is 11.3. The van der Waals surface area contributed by atoms with Gasteiger partial charge in [-0.3, -0.25) is 4.79 Å². The molecule has 198 valence electrons. The third-order valence-electron chi connectivity index (χ3n) is 8.41. The van der Waals surface area contributed by atoms with E-state index in [1.807, 2.05) is 0 Å². The molecule has 5 rings (SSSR count). The molecule has 8 heteroatoms. The second-order valence-electron chi connectivity index (χ2n) is 11.2. The van der Waals surface area contributed by atoms with E-state index >= 15 is 0 Å². The van der Waals surface area contributed by atoms with Crippen molar-refractivity contribution in [3.63, 3.8) is 0 Å². The van der Waals surface area contributed by atoms with Gasteiger partial charge >= 0.3 is 0 Å². The van der Waals surface area contributed by atoms with E-state index in [-0.39, 0.29) is 49.0 Å². The van der Waals surface area contributed by atoms with Gasteiger partial charge in [-0.1, -0.05) is 6.58 Å². The van der Waals surface area contributed by atoms with Crippen molar-refractivity contribution >= 4 is 5.78 Å². The van der Waals surface area contributed by atoms with Crippen molar-refractivity contribution in [2.75, 3.05) is 26.4 Å². The van der Waals surface area contributed by atoms with Crippen LogP contribution in [0.5, 0.6) is 0 Å². The Labute approximate surface area is 208 Å². The van der Waals surface area contributed by atoms with Crippen LogP contribution in [0.3, 0.4) is 0 Å². The van der Waals surface area contributed by atoms with Crippen molar-refractivity contribution in [2.45, 2.75) is 120 Å². The lowest BCUT2D eigenvalue weighted by Gasteiger charge is -2.46. The zero-order chi connectivity index (χ0) is 24.4. The molecule has 35 heavy (non-hydrogen) atoms. The van der Waals surface area contributed by atoms with E-state index in [9.17, 15) is 9.90 Å². The van der Waals surface area contributed by atoms with Gasteiger partial charge in [0.05, 0.1) is 49.8 Å². The predicted octanol–water partition coefficient (Wildman–Crippen LogP) is 3.09. The minimum atomic E-state index is -0.843. The SMILES string of the molecule is C=C1COC(CC[C@]2(OC3CCOC4CCC(CC(=O)CC5CCO[C@H]5C)O[C@@H]43)CC(O)CO2)C1. The molecular weight excluding hydrogens is 452 g/mol. The molecule has 0 aromatic heterocycles. The van der Waals surface area contributed by atoms with Gasteiger partial charge in [-0.25, -0.2) is 0 Å². The Hall–Kier alpha value is -0.870. The molecule has 8 nitrogen and oxygen atoms in total. The molecule has 0 bridgehead atoms.